The van der Waals surface area contributed by atoms with Gasteiger partial charge >= 0.3 is 0 Å². The zero-order valence-electron chi connectivity index (χ0n) is 12.8. The van der Waals surface area contributed by atoms with Gasteiger partial charge in [-0.2, -0.15) is 0 Å². The van der Waals surface area contributed by atoms with Crippen LogP contribution in [-0.4, -0.2) is 49.8 Å². The van der Waals surface area contributed by atoms with Crippen LogP contribution in [0.2, 0.25) is 0 Å². The van der Waals surface area contributed by atoms with E-state index in [2.05, 4.69) is 31.0 Å². The second-order valence-electron chi connectivity index (χ2n) is 7.92. The molecule has 2 aliphatic heterocycles. The van der Waals surface area contributed by atoms with Crippen LogP contribution in [0.15, 0.2) is 0 Å². The molecule has 2 saturated heterocycles. The molecule has 1 aliphatic carbocycles. The van der Waals surface area contributed by atoms with E-state index in [0.29, 0.717) is 11.5 Å². The highest BCUT2D eigenvalue weighted by Crippen LogP contribution is 2.38. The van der Waals surface area contributed by atoms with Crippen LogP contribution < -0.4 is 5.32 Å². The fraction of sp³-hybridized carbons (Fsp3) is 1.00. The van der Waals surface area contributed by atoms with Crippen LogP contribution in [0.1, 0.15) is 40.0 Å². The largest absolute Gasteiger partial charge is 0.381 e. The molecule has 3 nitrogen and oxygen atoms in total. The zero-order valence-corrected chi connectivity index (χ0v) is 12.8. The van der Waals surface area contributed by atoms with E-state index in [-0.39, 0.29) is 0 Å². The molecule has 110 valence electrons. The molecule has 0 aromatic rings. The number of hydrogen-bond acceptors (Lipinski definition) is 3. The average Bonchev–Trinajstić information content (AvgIpc) is 3.07. The molecular formula is C16H30N2O. The van der Waals surface area contributed by atoms with E-state index < -0.39 is 0 Å². The Kier molecular flexibility index (Phi) is 3.89. The maximum absolute atomic E-state index is 5.56. The summed E-state index contributed by atoms with van der Waals surface area (Å²) in [5, 5.41) is 3.81. The summed E-state index contributed by atoms with van der Waals surface area (Å²) in [4.78, 5) is 2.80. The minimum Gasteiger partial charge on any atom is -0.381 e. The van der Waals surface area contributed by atoms with E-state index in [1.807, 2.05) is 0 Å². The lowest BCUT2D eigenvalue weighted by Gasteiger charge is -2.46. The zero-order chi connectivity index (χ0) is 13.5. The molecule has 3 atom stereocenters. The normalized spacial score (nSPS) is 37.7. The van der Waals surface area contributed by atoms with Crippen LogP contribution in [-0.2, 0) is 4.74 Å². The Morgan fingerprint density at radius 1 is 1.21 bits per heavy atom. The predicted molar refractivity (Wildman–Crippen MR) is 78.3 cm³/mol. The van der Waals surface area contributed by atoms with E-state index in [0.717, 1.165) is 31.1 Å². The number of nitrogens with zero attached hydrogens (tertiary/aromatic N) is 1. The van der Waals surface area contributed by atoms with Gasteiger partial charge in [0.25, 0.3) is 0 Å². The monoisotopic (exact) mass is 266 g/mol. The van der Waals surface area contributed by atoms with Gasteiger partial charge in [0.15, 0.2) is 0 Å². The van der Waals surface area contributed by atoms with Crippen molar-refractivity contribution in [3.05, 3.63) is 0 Å². The molecule has 3 aliphatic rings. The van der Waals surface area contributed by atoms with Crippen molar-refractivity contribution >= 4 is 0 Å². The molecule has 0 aromatic carbocycles. The number of piperazine rings is 1. The van der Waals surface area contributed by atoms with Gasteiger partial charge in [0.1, 0.15) is 0 Å². The van der Waals surface area contributed by atoms with E-state index in [4.69, 9.17) is 4.74 Å². The Morgan fingerprint density at radius 2 is 2.00 bits per heavy atom. The van der Waals surface area contributed by atoms with Gasteiger partial charge in [-0.25, -0.2) is 0 Å². The van der Waals surface area contributed by atoms with E-state index in [1.165, 1.54) is 38.9 Å². The van der Waals surface area contributed by atoms with Crippen LogP contribution in [0.4, 0.5) is 0 Å². The molecule has 3 unspecified atom stereocenters. The van der Waals surface area contributed by atoms with Gasteiger partial charge in [0.05, 0.1) is 6.61 Å². The van der Waals surface area contributed by atoms with Gasteiger partial charge in [-0.1, -0.05) is 20.8 Å². The van der Waals surface area contributed by atoms with Crippen molar-refractivity contribution in [1.82, 2.24) is 10.2 Å². The van der Waals surface area contributed by atoms with Crippen LogP contribution in [0.25, 0.3) is 0 Å². The lowest BCUT2D eigenvalue weighted by molar-refractivity contribution is 0.0590. The Morgan fingerprint density at radius 3 is 2.58 bits per heavy atom. The van der Waals surface area contributed by atoms with Crippen LogP contribution in [0.5, 0.6) is 0 Å². The molecule has 0 spiro atoms. The van der Waals surface area contributed by atoms with Gasteiger partial charge in [0, 0.05) is 38.3 Å². The first-order chi connectivity index (χ1) is 9.04. The smallest absolute Gasteiger partial charge is 0.0507 e. The van der Waals surface area contributed by atoms with E-state index in [9.17, 15) is 0 Å². The molecule has 1 saturated carbocycles. The minimum atomic E-state index is 0.360. The Bertz CT molecular complexity index is 302. The summed E-state index contributed by atoms with van der Waals surface area (Å²) in [5.74, 6) is 1.75. The number of rotatable bonds is 3. The molecule has 0 amide bonds. The summed E-state index contributed by atoms with van der Waals surface area (Å²) in [5.41, 5.74) is 0.360. The second kappa shape index (κ2) is 5.34. The summed E-state index contributed by atoms with van der Waals surface area (Å²) in [6.45, 7) is 12.7. The maximum Gasteiger partial charge on any atom is 0.0507 e. The lowest BCUT2D eigenvalue weighted by atomic mass is 9.84. The van der Waals surface area contributed by atoms with Gasteiger partial charge in [-0.15, -0.1) is 0 Å². The third kappa shape index (κ3) is 3.32. The maximum atomic E-state index is 5.56. The molecule has 0 bridgehead atoms. The molecule has 19 heavy (non-hydrogen) atoms. The van der Waals surface area contributed by atoms with Crippen molar-refractivity contribution in [2.45, 2.75) is 52.1 Å². The molecular weight excluding hydrogens is 236 g/mol. The first-order valence-corrected chi connectivity index (χ1v) is 8.09. The van der Waals surface area contributed by atoms with Crippen LogP contribution in [0.3, 0.4) is 0 Å². The lowest BCUT2D eigenvalue weighted by Crippen LogP contribution is -2.61. The molecule has 2 heterocycles. The Labute approximate surface area is 118 Å². The number of hydrogen-bond donors (Lipinski definition) is 1. The predicted octanol–water partition coefficient (Wildman–Crippen LogP) is 2.12. The average molecular weight is 266 g/mol. The van der Waals surface area contributed by atoms with Crippen LogP contribution >= 0.6 is 0 Å². The van der Waals surface area contributed by atoms with Crippen molar-refractivity contribution in [1.29, 1.82) is 0 Å². The van der Waals surface area contributed by atoms with Crippen molar-refractivity contribution in [2.24, 2.45) is 17.3 Å². The number of nitrogens with one attached hydrogen (secondary N) is 1. The van der Waals surface area contributed by atoms with Gasteiger partial charge in [-0.3, -0.25) is 4.90 Å². The van der Waals surface area contributed by atoms with Gasteiger partial charge < -0.3 is 10.1 Å². The van der Waals surface area contributed by atoms with E-state index in [1.54, 1.807) is 0 Å². The molecule has 3 fully saturated rings. The summed E-state index contributed by atoms with van der Waals surface area (Å²) in [6, 6.07) is 1.42. The standard InChI is InChI=1S/C16H30N2O/c1-16(2,3)15-10-18(9-12-6-7-19-11-12)14(8-17-15)13-4-5-13/h12-15,17H,4-11H2,1-3H3. The van der Waals surface area contributed by atoms with Crippen LogP contribution in [0, 0.1) is 17.3 Å². The summed E-state index contributed by atoms with van der Waals surface area (Å²) in [6.07, 6.45) is 4.16. The molecule has 0 aromatic heterocycles. The van der Waals surface area contributed by atoms with Gasteiger partial charge in [0.2, 0.25) is 0 Å². The topological polar surface area (TPSA) is 24.5 Å². The molecule has 1 N–H and O–H groups in total. The summed E-state index contributed by atoms with van der Waals surface area (Å²) < 4.78 is 5.56. The highest BCUT2D eigenvalue weighted by molar-refractivity contribution is 4.98. The fourth-order valence-electron chi connectivity index (χ4n) is 3.62. The number of ether oxygens (including phenoxy) is 1. The summed E-state index contributed by atoms with van der Waals surface area (Å²) >= 11 is 0. The quantitative estimate of drug-likeness (QED) is 0.847. The van der Waals surface area contributed by atoms with Crippen molar-refractivity contribution < 1.29 is 4.74 Å². The first kappa shape index (κ1) is 13.8. The highest BCUT2D eigenvalue weighted by atomic mass is 16.5. The van der Waals surface area contributed by atoms with Gasteiger partial charge in [-0.05, 0) is 36.5 Å². The second-order valence-corrected chi connectivity index (χ2v) is 7.92. The van der Waals surface area contributed by atoms with Crippen molar-refractivity contribution in [2.75, 3.05) is 32.8 Å². The Hall–Kier alpha value is -0.120. The Balaban J connectivity index is 1.63. The fourth-order valence-corrected chi connectivity index (χ4v) is 3.62. The van der Waals surface area contributed by atoms with E-state index >= 15 is 0 Å². The molecule has 0 radical (unpaired) electrons. The minimum absolute atomic E-state index is 0.360. The molecule has 3 heteroatoms. The SMILES string of the molecule is CC(C)(C)C1CN(CC2CCOC2)C(C2CC2)CN1. The molecule has 3 rings (SSSR count). The van der Waals surface area contributed by atoms with Crippen molar-refractivity contribution in [3.63, 3.8) is 0 Å². The highest BCUT2D eigenvalue weighted by Gasteiger charge is 2.41. The third-order valence-corrected chi connectivity index (χ3v) is 5.19. The third-order valence-electron chi connectivity index (χ3n) is 5.19. The summed E-state index contributed by atoms with van der Waals surface area (Å²) in [7, 11) is 0. The first-order valence-electron chi connectivity index (χ1n) is 8.09. The van der Waals surface area contributed by atoms with Crippen molar-refractivity contribution in [3.8, 4) is 0 Å².